The van der Waals surface area contributed by atoms with Crippen molar-refractivity contribution in [1.82, 2.24) is 19.9 Å². The molecular weight excluding hydrogens is 548 g/mol. The van der Waals surface area contributed by atoms with Gasteiger partial charge in [0, 0.05) is 48.1 Å². The van der Waals surface area contributed by atoms with E-state index in [1.165, 1.54) is 6.42 Å². The molecule has 1 atom stereocenters. The Morgan fingerprint density at radius 2 is 1.97 bits per heavy atom. The molecule has 1 saturated carbocycles. The minimum Gasteiger partial charge on any atom is -0.485 e. The first-order valence-corrected chi connectivity index (χ1v) is 14.2. The number of fused-ring (bicyclic) bond motifs is 2. The molecule has 2 amide bonds. The Kier molecular flexibility index (Phi) is 6.95. The number of nitrogens with zero attached hydrogens (tertiary/aromatic N) is 4. The SMILES string of the molecule is Cc1nc(COc2ccc(Br)c3c2[C@@H](CN2Cc4ccccc4C2=O)N(C(=O)C2CCCCC2)CC3)no1. The Labute approximate surface area is 230 Å². The molecule has 0 spiro atoms. The van der Waals surface area contributed by atoms with Crippen LogP contribution in [0.2, 0.25) is 0 Å². The molecule has 198 valence electrons. The summed E-state index contributed by atoms with van der Waals surface area (Å²) in [5, 5.41) is 3.96. The van der Waals surface area contributed by atoms with Gasteiger partial charge in [0.2, 0.25) is 17.6 Å². The number of amides is 2. The standard InChI is InChI=1S/C29H31BrN4O4/c1-18-31-26(32-38-18)17-37-25-12-11-23(30)22-13-14-34(28(35)19-7-3-2-4-8-19)24(27(22)25)16-33-15-20-9-5-6-10-21(20)29(33)36/h5-6,9-12,19,24H,2-4,7-8,13-17H2,1H3/t24-/m1/s1. The molecule has 0 radical (unpaired) electrons. The van der Waals surface area contributed by atoms with Gasteiger partial charge in [-0.1, -0.05) is 58.5 Å². The van der Waals surface area contributed by atoms with Crippen molar-refractivity contribution in [3.05, 3.63) is 74.8 Å². The van der Waals surface area contributed by atoms with Gasteiger partial charge in [0.05, 0.1) is 6.04 Å². The summed E-state index contributed by atoms with van der Waals surface area (Å²) in [6, 6.07) is 11.4. The predicted octanol–water partition coefficient (Wildman–Crippen LogP) is 5.38. The first-order valence-electron chi connectivity index (χ1n) is 13.4. The molecule has 3 heterocycles. The van der Waals surface area contributed by atoms with Gasteiger partial charge >= 0.3 is 0 Å². The van der Waals surface area contributed by atoms with Crippen LogP contribution in [0, 0.1) is 12.8 Å². The van der Waals surface area contributed by atoms with E-state index in [2.05, 4.69) is 26.1 Å². The number of rotatable bonds is 6. The summed E-state index contributed by atoms with van der Waals surface area (Å²) in [5.74, 6) is 1.88. The van der Waals surface area contributed by atoms with Crippen LogP contribution in [-0.2, 0) is 24.4 Å². The molecule has 0 saturated heterocycles. The smallest absolute Gasteiger partial charge is 0.254 e. The molecule has 9 heteroatoms. The molecule has 1 aromatic heterocycles. The van der Waals surface area contributed by atoms with Crippen LogP contribution in [0.15, 0.2) is 45.4 Å². The van der Waals surface area contributed by atoms with Crippen molar-refractivity contribution < 1.29 is 18.8 Å². The van der Waals surface area contributed by atoms with Gasteiger partial charge in [0.25, 0.3) is 5.91 Å². The highest BCUT2D eigenvalue weighted by molar-refractivity contribution is 9.10. The largest absolute Gasteiger partial charge is 0.485 e. The number of aryl methyl sites for hydroxylation is 1. The monoisotopic (exact) mass is 578 g/mol. The maximum atomic E-state index is 14.0. The second-order valence-corrected chi connectivity index (χ2v) is 11.3. The first-order chi connectivity index (χ1) is 18.5. The second kappa shape index (κ2) is 10.5. The molecule has 2 aliphatic heterocycles. The van der Waals surface area contributed by atoms with Gasteiger partial charge in [-0.25, -0.2) is 0 Å². The van der Waals surface area contributed by atoms with E-state index in [-0.39, 0.29) is 30.4 Å². The number of hydrogen-bond acceptors (Lipinski definition) is 6. The van der Waals surface area contributed by atoms with Gasteiger partial charge in [-0.05, 0) is 48.6 Å². The highest BCUT2D eigenvalue weighted by Crippen LogP contribution is 2.43. The van der Waals surface area contributed by atoms with Crippen molar-refractivity contribution in [3.8, 4) is 5.75 Å². The highest BCUT2D eigenvalue weighted by atomic mass is 79.9. The lowest BCUT2D eigenvalue weighted by atomic mass is 9.85. The van der Waals surface area contributed by atoms with Gasteiger partial charge in [0.1, 0.15) is 5.75 Å². The predicted molar refractivity (Wildman–Crippen MR) is 143 cm³/mol. The zero-order valence-electron chi connectivity index (χ0n) is 21.5. The zero-order chi connectivity index (χ0) is 26.2. The maximum absolute atomic E-state index is 14.0. The lowest BCUT2D eigenvalue weighted by molar-refractivity contribution is -0.140. The summed E-state index contributed by atoms with van der Waals surface area (Å²) < 4.78 is 12.4. The number of carbonyl (C=O) groups is 2. The molecule has 0 N–H and O–H groups in total. The van der Waals surface area contributed by atoms with Crippen LogP contribution in [0.25, 0.3) is 0 Å². The van der Waals surface area contributed by atoms with Crippen LogP contribution in [-0.4, -0.2) is 44.8 Å². The summed E-state index contributed by atoms with van der Waals surface area (Å²) in [6.45, 7) is 3.47. The molecule has 8 nitrogen and oxygen atoms in total. The summed E-state index contributed by atoms with van der Waals surface area (Å²) in [7, 11) is 0. The van der Waals surface area contributed by atoms with E-state index < -0.39 is 0 Å². The van der Waals surface area contributed by atoms with Crippen molar-refractivity contribution in [1.29, 1.82) is 0 Å². The Balaban J connectivity index is 1.36. The highest BCUT2D eigenvalue weighted by Gasteiger charge is 2.40. The van der Waals surface area contributed by atoms with E-state index in [1.807, 2.05) is 46.2 Å². The number of aromatic nitrogens is 2. The number of halogens is 1. The fraction of sp³-hybridized carbons (Fsp3) is 0.448. The third-order valence-corrected chi connectivity index (χ3v) is 8.77. The third-order valence-electron chi connectivity index (χ3n) is 8.03. The Bertz CT molecular complexity index is 1370. The van der Waals surface area contributed by atoms with E-state index in [9.17, 15) is 9.59 Å². The Morgan fingerprint density at radius 1 is 1.16 bits per heavy atom. The van der Waals surface area contributed by atoms with E-state index >= 15 is 0 Å². The molecule has 6 rings (SSSR count). The Hall–Kier alpha value is -3.20. The van der Waals surface area contributed by atoms with Gasteiger partial charge in [0.15, 0.2) is 6.61 Å². The van der Waals surface area contributed by atoms with Crippen LogP contribution in [0.5, 0.6) is 5.75 Å². The first kappa shape index (κ1) is 25.1. The zero-order valence-corrected chi connectivity index (χ0v) is 23.1. The van der Waals surface area contributed by atoms with E-state index in [0.717, 1.165) is 58.8 Å². The molecule has 0 unspecified atom stereocenters. The maximum Gasteiger partial charge on any atom is 0.254 e. The fourth-order valence-electron chi connectivity index (χ4n) is 6.16. The summed E-state index contributed by atoms with van der Waals surface area (Å²) in [4.78, 5) is 35.5. The quantitative estimate of drug-likeness (QED) is 0.390. The van der Waals surface area contributed by atoms with Crippen molar-refractivity contribution in [2.24, 2.45) is 5.92 Å². The van der Waals surface area contributed by atoms with Crippen LogP contribution >= 0.6 is 15.9 Å². The van der Waals surface area contributed by atoms with Gasteiger partial charge in [-0.2, -0.15) is 4.98 Å². The molecule has 38 heavy (non-hydrogen) atoms. The van der Waals surface area contributed by atoms with Gasteiger partial charge in [-0.15, -0.1) is 0 Å². The van der Waals surface area contributed by atoms with Crippen LogP contribution in [0.1, 0.15) is 76.9 Å². The average Bonchev–Trinajstić information content (AvgIpc) is 3.50. The topological polar surface area (TPSA) is 88.8 Å². The van der Waals surface area contributed by atoms with Crippen LogP contribution < -0.4 is 4.74 Å². The minimum absolute atomic E-state index is 0.0116. The van der Waals surface area contributed by atoms with Crippen molar-refractivity contribution in [3.63, 3.8) is 0 Å². The molecule has 2 aromatic carbocycles. The third kappa shape index (κ3) is 4.72. The van der Waals surface area contributed by atoms with Crippen LogP contribution in [0.4, 0.5) is 0 Å². The van der Waals surface area contributed by atoms with Crippen LogP contribution in [0.3, 0.4) is 0 Å². The average molecular weight is 579 g/mol. The molecule has 3 aromatic rings. The van der Waals surface area contributed by atoms with E-state index in [1.54, 1.807) is 6.92 Å². The number of carbonyl (C=O) groups excluding carboxylic acids is 2. The van der Waals surface area contributed by atoms with Gasteiger partial charge < -0.3 is 19.1 Å². The number of hydrogen-bond donors (Lipinski definition) is 0. The minimum atomic E-state index is -0.314. The molecule has 3 aliphatic rings. The van der Waals surface area contributed by atoms with Crippen molar-refractivity contribution >= 4 is 27.7 Å². The van der Waals surface area contributed by atoms with E-state index in [4.69, 9.17) is 9.26 Å². The number of benzene rings is 2. The van der Waals surface area contributed by atoms with Crippen molar-refractivity contribution in [2.45, 2.75) is 64.6 Å². The summed E-state index contributed by atoms with van der Waals surface area (Å²) in [5.41, 5.74) is 3.84. The summed E-state index contributed by atoms with van der Waals surface area (Å²) >= 11 is 3.75. The summed E-state index contributed by atoms with van der Waals surface area (Å²) in [6.07, 6.45) is 5.96. The molecular formula is C29H31BrN4O4. The van der Waals surface area contributed by atoms with Crippen molar-refractivity contribution in [2.75, 3.05) is 13.1 Å². The number of ether oxygens (including phenoxy) is 1. The Morgan fingerprint density at radius 3 is 2.74 bits per heavy atom. The second-order valence-electron chi connectivity index (χ2n) is 10.4. The lowest BCUT2D eigenvalue weighted by Crippen LogP contribution is -2.48. The van der Waals surface area contributed by atoms with Gasteiger partial charge in [-0.3, -0.25) is 9.59 Å². The fourth-order valence-corrected chi connectivity index (χ4v) is 6.70. The van der Waals surface area contributed by atoms with E-state index in [0.29, 0.717) is 37.1 Å². The normalized spacial score (nSPS) is 19.4. The molecule has 1 aliphatic carbocycles. The lowest BCUT2D eigenvalue weighted by Gasteiger charge is -2.42. The molecule has 1 fully saturated rings. The molecule has 0 bridgehead atoms.